The first kappa shape index (κ1) is 9.99. The van der Waals surface area contributed by atoms with E-state index in [9.17, 15) is 4.79 Å². The molecule has 0 aliphatic carbocycles. The molecular weight excluding hydrogens is 210 g/mol. The number of aromatic amines is 1. The molecule has 3 heteroatoms. The van der Waals surface area contributed by atoms with Crippen LogP contribution in [0.2, 0.25) is 5.02 Å². The Morgan fingerprint density at radius 3 is 2.53 bits per heavy atom. The first-order valence-electron chi connectivity index (χ1n) is 4.62. The molecule has 2 rings (SSSR count). The molecule has 0 aliphatic heterocycles. The van der Waals surface area contributed by atoms with E-state index < -0.39 is 0 Å². The van der Waals surface area contributed by atoms with Crippen LogP contribution in [-0.4, -0.2) is 4.98 Å². The highest BCUT2D eigenvalue weighted by molar-refractivity contribution is 6.31. The summed E-state index contributed by atoms with van der Waals surface area (Å²) in [7, 11) is 0. The number of halogens is 1. The van der Waals surface area contributed by atoms with E-state index in [1.165, 1.54) is 0 Å². The lowest BCUT2D eigenvalue weighted by molar-refractivity contribution is 1.24. The van der Waals surface area contributed by atoms with E-state index in [4.69, 9.17) is 11.6 Å². The normalized spacial score (nSPS) is 10.3. The van der Waals surface area contributed by atoms with Gasteiger partial charge in [-0.2, -0.15) is 0 Å². The maximum absolute atomic E-state index is 11.1. The van der Waals surface area contributed by atoms with Gasteiger partial charge in [-0.25, -0.2) is 0 Å². The number of nitrogens with one attached hydrogen (secondary N) is 1. The average molecular weight is 220 g/mol. The fraction of sp³-hybridized carbons (Fsp3) is 0.0833. The van der Waals surface area contributed by atoms with Crippen molar-refractivity contribution in [3.05, 3.63) is 57.5 Å². The fourth-order valence-corrected chi connectivity index (χ4v) is 1.57. The highest BCUT2D eigenvalue weighted by Gasteiger charge is 2.00. The highest BCUT2D eigenvalue weighted by atomic mass is 35.5. The van der Waals surface area contributed by atoms with Crippen LogP contribution in [0.5, 0.6) is 0 Å². The average Bonchev–Trinajstić information content (AvgIpc) is 2.22. The van der Waals surface area contributed by atoms with Crippen LogP contribution in [0.3, 0.4) is 0 Å². The van der Waals surface area contributed by atoms with Gasteiger partial charge >= 0.3 is 0 Å². The fourth-order valence-electron chi connectivity index (χ4n) is 1.45. The van der Waals surface area contributed by atoms with Gasteiger partial charge in [-0.05, 0) is 41.8 Å². The molecule has 0 atom stereocenters. The summed E-state index contributed by atoms with van der Waals surface area (Å²) in [6, 6.07) is 9.15. The van der Waals surface area contributed by atoms with Crippen LogP contribution in [0.25, 0.3) is 11.1 Å². The van der Waals surface area contributed by atoms with Crippen molar-refractivity contribution in [3.63, 3.8) is 0 Å². The van der Waals surface area contributed by atoms with Gasteiger partial charge in [0.25, 0.3) is 0 Å². The minimum absolute atomic E-state index is 0.0971. The van der Waals surface area contributed by atoms with Crippen LogP contribution in [0, 0.1) is 6.92 Å². The number of aromatic nitrogens is 1. The van der Waals surface area contributed by atoms with E-state index >= 15 is 0 Å². The summed E-state index contributed by atoms with van der Waals surface area (Å²) >= 11 is 5.93. The second-order valence-corrected chi connectivity index (χ2v) is 3.81. The molecule has 15 heavy (non-hydrogen) atoms. The number of benzene rings is 1. The summed E-state index contributed by atoms with van der Waals surface area (Å²) in [4.78, 5) is 13.7. The van der Waals surface area contributed by atoms with Gasteiger partial charge in [0.1, 0.15) is 0 Å². The number of hydrogen-bond donors (Lipinski definition) is 1. The molecule has 0 aliphatic rings. The van der Waals surface area contributed by atoms with Gasteiger partial charge in [0.05, 0.1) is 0 Å². The van der Waals surface area contributed by atoms with Crippen molar-refractivity contribution in [1.82, 2.24) is 4.98 Å². The Morgan fingerprint density at radius 1 is 1.13 bits per heavy atom. The molecule has 0 saturated carbocycles. The predicted octanol–water partition coefficient (Wildman–Crippen LogP) is 3.00. The van der Waals surface area contributed by atoms with Crippen molar-refractivity contribution in [2.75, 3.05) is 0 Å². The van der Waals surface area contributed by atoms with Crippen molar-refractivity contribution >= 4 is 11.6 Å². The van der Waals surface area contributed by atoms with E-state index in [2.05, 4.69) is 4.98 Å². The topological polar surface area (TPSA) is 32.9 Å². The third kappa shape index (κ3) is 2.10. The number of pyridine rings is 1. The molecule has 1 aromatic heterocycles. The Bertz CT molecular complexity index is 545. The van der Waals surface area contributed by atoms with Crippen molar-refractivity contribution in [2.24, 2.45) is 0 Å². The lowest BCUT2D eigenvalue weighted by Gasteiger charge is -2.03. The standard InChI is InChI=1S/C12H10ClNO/c1-8-6-9(2-3-11(8)13)10-4-5-14-12(15)7-10/h2-7H,1H3,(H,14,15). The van der Waals surface area contributed by atoms with Crippen molar-refractivity contribution in [3.8, 4) is 11.1 Å². The SMILES string of the molecule is Cc1cc(-c2cc[nH]c(=O)c2)ccc1Cl. The molecular formula is C12H10ClNO. The lowest BCUT2D eigenvalue weighted by Crippen LogP contribution is -2.01. The zero-order valence-electron chi connectivity index (χ0n) is 8.25. The molecule has 0 saturated heterocycles. The van der Waals surface area contributed by atoms with Crippen molar-refractivity contribution in [1.29, 1.82) is 0 Å². The maximum Gasteiger partial charge on any atom is 0.248 e. The van der Waals surface area contributed by atoms with E-state index in [1.54, 1.807) is 12.3 Å². The molecule has 0 spiro atoms. The van der Waals surface area contributed by atoms with E-state index in [1.807, 2.05) is 31.2 Å². The summed E-state index contributed by atoms with van der Waals surface area (Å²) < 4.78 is 0. The molecule has 1 aromatic carbocycles. The third-order valence-corrected chi connectivity index (χ3v) is 2.69. The van der Waals surface area contributed by atoms with Crippen LogP contribution in [0.15, 0.2) is 41.3 Å². The Balaban J connectivity index is 2.55. The maximum atomic E-state index is 11.1. The number of H-pyrrole nitrogens is 1. The molecule has 2 aromatic rings. The van der Waals surface area contributed by atoms with Gasteiger partial charge in [-0.3, -0.25) is 4.79 Å². The molecule has 0 bridgehead atoms. The Morgan fingerprint density at radius 2 is 1.87 bits per heavy atom. The summed E-state index contributed by atoms with van der Waals surface area (Å²) in [5.41, 5.74) is 2.82. The molecule has 1 heterocycles. The van der Waals surface area contributed by atoms with Gasteiger partial charge < -0.3 is 4.98 Å². The number of rotatable bonds is 1. The third-order valence-electron chi connectivity index (χ3n) is 2.27. The van der Waals surface area contributed by atoms with Crippen LogP contribution >= 0.6 is 11.6 Å². The summed E-state index contributed by atoms with van der Waals surface area (Å²) in [6.45, 7) is 1.94. The zero-order chi connectivity index (χ0) is 10.8. The smallest absolute Gasteiger partial charge is 0.248 e. The number of aryl methyl sites for hydroxylation is 1. The Kier molecular flexibility index (Phi) is 2.60. The van der Waals surface area contributed by atoms with Crippen LogP contribution in [-0.2, 0) is 0 Å². The lowest BCUT2D eigenvalue weighted by atomic mass is 10.1. The summed E-state index contributed by atoms with van der Waals surface area (Å²) in [5.74, 6) is 0. The summed E-state index contributed by atoms with van der Waals surface area (Å²) in [5, 5.41) is 0.739. The molecule has 2 nitrogen and oxygen atoms in total. The predicted molar refractivity (Wildman–Crippen MR) is 62.2 cm³/mol. The molecule has 1 N–H and O–H groups in total. The van der Waals surface area contributed by atoms with Crippen LogP contribution < -0.4 is 5.56 Å². The first-order valence-corrected chi connectivity index (χ1v) is 5.00. The molecule has 0 unspecified atom stereocenters. The highest BCUT2D eigenvalue weighted by Crippen LogP contribution is 2.23. The number of hydrogen-bond acceptors (Lipinski definition) is 1. The second-order valence-electron chi connectivity index (χ2n) is 3.41. The molecule has 0 amide bonds. The van der Waals surface area contributed by atoms with Gasteiger partial charge in [0.15, 0.2) is 0 Å². The van der Waals surface area contributed by atoms with E-state index in [0.29, 0.717) is 0 Å². The van der Waals surface area contributed by atoms with E-state index in [0.717, 1.165) is 21.7 Å². The Hall–Kier alpha value is -1.54. The van der Waals surface area contributed by atoms with Gasteiger partial charge in [-0.15, -0.1) is 0 Å². The van der Waals surface area contributed by atoms with Crippen molar-refractivity contribution in [2.45, 2.75) is 6.92 Å². The minimum atomic E-state index is -0.0971. The van der Waals surface area contributed by atoms with Crippen molar-refractivity contribution < 1.29 is 0 Å². The molecule has 76 valence electrons. The molecule has 0 radical (unpaired) electrons. The quantitative estimate of drug-likeness (QED) is 0.786. The van der Waals surface area contributed by atoms with Gasteiger partial charge in [-0.1, -0.05) is 17.7 Å². The van der Waals surface area contributed by atoms with E-state index in [-0.39, 0.29) is 5.56 Å². The molecule has 0 fully saturated rings. The largest absolute Gasteiger partial charge is 0.329 e. The van der Waals surface area contributed by atoms with Gasteiger partial charge in [0, 0.05) is 17.3 Å². The Labute approximate surface area is 92.5 Å². The van der Waals surface area contributed by atoms with Crippen LogP contribution in [0.4, 0.5) is 0 Å². The monoisotopic (exact) mass is 219 g/mol. The zero-order valence-corrected chi connectivity index (χ0v) is 9.01. The van der Waals surface area contributed by atoms with Gasteiger partial charge in [0.2, 0.25) is 5.56 Å². The first-order chi connectivity index (χ1) is 7.16. The summed E-state index contributed by atoms with van der Waals surface area (Å²) in [6.07, 6.45) is 1.64. The van der Waals surface area contributed by atoms with Crippen LogP contribution in [0.1, 0.15) is 5.56 Å². The second kappa shape index (κ2) is 3.91. The minimum Gasteiger partial charge on any atom is -0.329 e.